The van der Waals surface area contributed by atoms with Crippen molar-refractivity contribution < 1.29 is 20.1 Å². The molecule has 1 aromatic rings. The van der Waals surface area contributed by atoms with E-state index in [1.165, 1.54) is 19.2 Å². The van der Waals surface area contributed by atoms with E-state index in [9.17, 15) is 10.2 Å². The summed E-state index contributed by atoms with van der Waals surface area (Å²) in [5.74, 6) is 0.240. The van der Waals surface area contributed by atoms with Gasteiger partial charge in [-0.2, -0.15) is 0 Å². The summed E-state index contributed by atoms with van der Waals surface area (Å²) >= 11 is 3.20. The van der Waals surface area contributed by atoms with Gasteiger partial charge in [-0.3, -0.25) is 0 Å². The Morgan fingerprint density at radius 1 is 1.50 bits per heavy atom. The monoisotopic (exact) mass is 262 g/mol. The minimum absolute atomic E-state index is 0.0711. The summed E-state index contributed by atoms with van der Waals surface area (Å²) in [6, 6.07) is 2.88. The van der Waals surface area contributed by atoms with E-state index >= 15 is 0 Å². The second kappa shape index (κ2) is 4.63. The Kier molecular flexibility index (Phi) is 3.74. The lowest BCUT2D eigenvalue weighted by Gasteiger charge is -2.12. The highest BCUT2D eigenvalue weighted by Gasteiger charge is 2.14. The summed E-state index contributed by atoms with van der Waals surface area (Å²) in [5, 5.41) is 27.5. The van der Waals surface area contributed by atoms with Crippen LogP contribution < -0.4 is 4.74 Å². The van der Waals surface area contributed by atoms with E-state index in [-0.39, 0.29) is 5.75 Å². The molecule has 0 heterocycles. The van der Waals surface area contributed by atoms with Crippen molar-refractivity contribution in [1.82, 2.24) is 0 Å². The molecule has 1 aromatic carbocycles. The summed E-state index contributed by atoms with van der Waals surface area (Å²) < 4.78 is 5.45. The van der Waals surface area contributed by atoms with Gasteiger partial charge in [0.15, 0.2) is 11.5 Å². The molecule has 1 rings (SSSR count). The maximum atomic E-state index is 9.42. The molecule has 0 aliphatic carbocycles. The number of hydrogen-bond acceptors (Lipinski definition) is 4. The molecule has 14 heavy (non-hydrogen) atoms. The van der Waals surface area contributed by atoms with Crippen LogP contribution >= 0.6 is 15.9 Å². The molecule has 0 fully saturated rings. The molecule has 0 spiro atoms. The van der Waals surface area contributed by atoms with Crippen molar-refractivity contribution >= 4 is 15.9 Å². The molecule has 1 unspecified atom stereocenters. The normalized spacial score (nSPS) is 12.6. The van der Waals surface area contributed by atoms with Crippen molar-refractivity contribution in [3.8, 4) is 11.5 Å². The lowest BCUT2D eigenvalue weighted by atomic mass is 10.1. The van der Waals surface area contributed by atoms with Gasteiger partial charge in [0.1, 0.15) is 6.10 Å². The average molecular weight is 263 g/mol. The van der Waals surface area contributed by atoms with E-state index in [4.69, 9.17) is 9.84 Å². The van der Waals surface area contributed by atoms with Crippen molar-refractivity contribution in [1.29, 1.82) is 0 Å². The molecular formula is C9H11BrO4. The molecule has 78 valence electrons. The largest absolute Gasteiger partial charge is 0.504 e. The smallest absolute Gasteiger partial charge is 0.161 e. The number of hydrogen-bond donors (Lipinski definition) is 3. The summed E-state index contributed by atoms with van der Waals surface area (Å²) in [6.45, 7) is -0.398. The predicted octanol–water partition coefficient (Wildman–Crippen LogP) is 1.19. The SMILES string of the molecule is COc1cc(Br)c(C(O)CO)cc1O. The van der Waals surface area contributed by atoms with Gasteiger partial charge in [-0.05, 0) is 12.1 Å². The Labute approximate surface area is 89.9 Å². The van der Waals surface area contributed by atoms with Crippen molar-refractivity contribution in [2.75, 3.05) is 13.7 Å². The van der Waals surface area contributed by atoms with Crippen LogP contribution in [0.2, 0.25) is 0 Å². The third kappa shape index (κ3) is 2.17. The number of aliphatic hydroxyl groups is 2. The lowest BCUT2D eigenvalue weighted by molar-refractivity contribution is 0.0948. The van der Waals surface area contributed by atoms with E-state index in [1.807, 2.05) is 0 Å². The van der Waals surface area contributed by atoms with Crippen molar-refractivity contribution in [3.63, 3.8) is 0 Å². The Balaban J connectivity index is 3.14. The van der Waals surface area contributed by atoms with E-state index in [0.29, 0.717) is 15.8 Å². The number of aromatic hydroxyl groups is 1. The van der Waals surface area contributed by atoms with Crippen LogP contribution in [-0.2, 0) is 0 Å². The van der Waals surface area contributed by atoms with Crippen molar-refractivity contribution in [3.05, 3.63) is 22.2 Å². The third-order valence-corrected chi connectivity index (χ3v) is 2.52. The average Bonchev–Trinajstić information content (AvgIpc) is 2.19. The van der Waals surface area contributed by atoms with Gasteiger partial charge >= 0.3 is 0 Å². The van der Waals surface area contributed by atoms with E-state index in [0.717, 1.165) is 0 Å². The molecule has 0 aliphatic heterocycles. The van der Waals surface area contributed by atoms with Crippen LogP contribution in [0.3, 0.4) is 0 Å². The molecule has 4 nitrogen and oxygen atoms in total. The summed E-state index contributed by atoms with van der Waals surface area (Å²) in [4.78, 5) is 0. The topological polar surface area (TPSA) is 69.9 Å². The molecule has 0 bridgehead atoms. The van der Waals surface area contributed by atoms with Gasteiger partial charge in [-0.15, -0.1) is 0 Å². The van der Waals surface area contributed by atoms with Crippen LogP contribution in [0.5, 0.6) is 11.5 Å². The second-order valence-electron chi connectivity index (χ2n) is 2.74. The predicted molar refractivity (Wildman–Crippen MR) is 54.4 cm³/mol. The number of rotatable bonds is 3. The second-order valence-corrected chi connectivity index (χ2v) is 3.60. The molecule has 0 aliphatic rings. The molecule has 0 saturated carbocycles. The van der Waals surface area contributed by atoms with Gasteiger partial charge in [-0.1, -0.05) is 15.9 Å². The van der Waals surface area contributed by atoms with Gasteiger partial charge in [0.05, 0.1) is 13.7 Å². The summed E-state index contributed by atoms with van der Waals surface area (Å²) in [5.41, 5.74) is 0.422. The van der Waals surface area contributed by atoms with Crippen LogP contribution in [0.15, 0.2) is 16.6 Å². The van der Waals surface area contributed by atoms with Crippen molar-refractivity contribution in [2.24, 2.45) is 0 Å². The van der Waals surface area contributed by atoms with Gasteiger partial charge in [0.2, 0.25) is 0 Å². The Morgan fingerprint density at radius 3 is 2.64 bits per heavy atom. The minimum Gasteiger partial charge on any atom is -0.504 e. The van der Waals surface area contributed by atoms with E-state index < -0.39 is 12.7 Å². The molecule has 0 aromatic heterocycles. The first kappa shape index (κ1) is 11.3. The Bertz CT molecular complexity index is 327. The highest BCUT2D eigenvalue weighted by Crippen LogP contribution is 2.34. The van der Waals surface area contributed by atoms with Crippen molar-refractivity contribution in [2.45, 2.75) is 6.10 Å². The minimum atomic E-state index is -1.01. The van der Waals surface area contributed by atoms with Crippen LogP contribution in [0.1, 0.15) is 11.7 Å². The quantitative estimate of drug-likeness (QED) is 0.766. The van der Waals surface area contributed by atoms with Gasteiger partial charge < -0.3 is 20.1 Å². The van der Waals surface area contributed by atoms with Gasteiger partial charge in [-0.25, -0.2) is 0 Å². The Hall–Kier alpha value is -0.780. The fourth-order valence-corrected chi connectivity index (χ4v) is 1.66. The highest BCUT2D eigenvalue weighted by atomic mass is 79.9. The number of aliphatic hydroxyl groups excluding tert-OH is 2. The van der Waals surface area contributed by atoms with E-state index in [2.05, 4.69) is 15.9 Å². The molecule has 0 radical (unpaired) electrons. The maximum Gasteiger partial charge on any atom is 0.161 e. The molecule has 3 N–H and O–H groups in total. The number of ether oxygens (including phenoxy) is 1. The van der Waals surface area contributed by atoms with E-state index in [1.54, 1.807) is 0 Å². The fourth-order valence-electron chi connectivity index (χ4n) is 1.08. The Morgan fingerprint density at radius 2 is 2.14 bits per heavy atom. The number of benzene rings is 1. The molecule has 1 atom stereocenters. The number of methoxy groups -OCH3 is 1. The summed E-state index contributed by atoms with van der Waals surface area (Å²) in [7, 11) is 1.43. The first-order chi connectivity index (χ1) is 6.60. The molecule has 0 amide bonds. The standard InChI is InChI=1S/C9H11BrO4/c1-14-9-3-6(10)5(2-7(9)12)8(13)4-11/h2-3,8,11-13H,4H2,1H3. The van der Waals surface area contributed by atoms with Crippen LogP contribution in [0.4, 0.5) is 0 Å². The zero-order valence-electron chi connectivity index (χ0n) is 7.57. The van der Waals surface area contributed by atoms with Gasteiger partial charge in [0.25, 0.3) is 0 Å². The number of phenols is 1. The summed E-state index contributed by atoms with van der Waals surface area (Å²) in [6.07, 6.45) is -1.01. The first-order valence-corrected chi connectivity index (χ1v) is 4.74. The van der Waals surface area contributed by atoms with Crippen LogP contribution in [0.25, 0.3) is 0 Å². The third-order valence-electron chi connectivity index (χ3n) is 1.83. The molecule has 0 saturated heterocycles. The maximum absolute atomic E-state index is 9.42. The fraction of sp³-hybridized carbons (Fsp3) is 0.333. The zero-order valence-corrected chi connectivity index (χ0v) is 9.15. The van der Waals surface area contributed by atoms with Crippen LogP contribution in [-0.4, -0.2) is 29.0 Å². The number of halogens is 1. The van der Waals surface area contributed by atoms with Gasteiger partial charge in [0, 0.05) is 10.0 Å². The first-order valence-electron chi connectivity index (χ1n) is 3.95. The lowest BCUT2D eigenvalue weighted by Crippen LogP contribution is -2.03. The molecular weight excluding hydrogens is 252 g/mol. The number of phenolic OH excluding ortho intramolecular Hbond substituents is 1. The highest BCUT2D eigenvalue weighted by molar-refractivity contribution is 9.10. The zero-order chi connectivity index (χ0) is 10.7. The van der Waals surface area contributed by atoms with Crippen LogP contribution in [0, 0.1) is 0 Å². The molecule has 5 heteroatoms.